The number of benzene rings is 4. The van der Waals surface area contributed by atoms with Crippen LogP contribution in [0.4, 0.5) is 5.69 Å². The fourth-order valence-corrected chi connectivity index (χ4v) is 6.81. The molecule has 0 fully saturated rings. The number of amides is 2. The molecule has 0 saturated heterocycles. The van der Waals surface area contributed by atoms with Crippen LogP contribution in [0.3, 0.4) is 0 Å². The van der Waals surface area contributed by atoms with Crippen molar-refractivity contribution in [3.05, 3.63) is 154 Å². The SMILES string of the molecule is Cc1ccc(NC(=O)c2c(-n3c(C)cc(/C=N/NC(=O)C(O)(c4ccccc4)c4ccccc4)c3C)sc3ccccc23)cc1. The summed E-state index contributed by atoms with van der Waals surface area (Å²) in [7, 11) is 0. The molecule has 0 aliphatic rings. The van der Waals surface area contributed by atoms with E-state index in [1.165, 1.54) is 0 Å². The maximum absolute atomic E-state index is 13.8. The van der Waals surface area contributed by atoms with Gasteiger partial charge < -0.3 is 15.0 Å². The number of nitrogens with zero attached hydrogens (tertiary/aromatic N) is 2. The summed E-state index contributed by atoms with van der Waals surface area (Å²) in [6.45, 7) is 5.93. The Labute approximate surface area is 265 Å². The Hall–Kier alpha value is -5.31. The zero-order valence-corrected chi connectivity index (χ0v) is 25.9. The molecule has 0 spiro atoms. The molecule has 2 aromatic heterocycles. The minimum Gasteiger partial charge on any atom is -0.372 e. The summed E-state index contributed by atoms with van der Waals surface area (Å²) in [5, 5.41) is 20.7. The molecule has 0 radical (unpaired) electrons. The van der Waals surface area contributed by atoms with Crippen molar-refractivity contribution in [2.45, 2.75) is 26.4 Å². The van der Waals surface area contributed by atoms with Crippen molar-refractivity contribution < 1.29 is 14.7 Å². The Kier molecular flexibility index (Phi) is 8.17. The highest BCUT2D eigenvalue weighted by atomic mass is 32.1. The Morgan fingerprint density at radius 1 is 0.822 bits per heavy atom. The monoisotopic (exact) mass is 612 g/mol. The molecular formula is C37H32N4O3S. The average molecular weight is 613 g/mol. The summed E-state index contributed by atoms with van der Waals surface area (Å²) >= 11 is 1.54. The van der Waals surface area contributed by atoms with Gasteiger partial charge in [-0.1, -0.05) is 96.6 Å². The summed E-state index contributed by atoms with van der Waals surface area (Å²) in [4.78, 5) is 27.3. The first-order chi connectivity index (χ1) is 21.8. The van der Waals surface area contributed by atoms with Crippen LogP contribution in [-0.4, -0.2) is 27.7 Å². The molecule has 2 heterocycles. The second-order valence-electron chi connectivity index (χ2n) is 10.9. The van der Waals surface area contributed by atoms with E-state index in [9.17, 15) is 14.7 Å². The Morgan fingerprint density at radius 2 is 1.42 bits per heavy atom. The Balaban J connectivity index is 1.32. The molecular weight excluding hydrogens is 580 g/mol. The van der Waals surface area contributed by atoms with Gasteiger partial charge in [0, 0.05) is 32.7 Å². The fourth-order valence-electron chi connectivity index (χ4n) is 5.50. The van der Waals surface area contributed by atoms with Gasteiger partial charge in [-0.2, -0.15) is 5.10 Å². The Bertz CT molecular complexity index is 1990. The first-order valence-corrected chi connectivity index (χ1v) is 15.3. The number of aryl methyl sites for hydroxylation is 2. The topological polar surface area (TPSA) is 95.7 Å². The summed E-state index contributed by atoms with van der Waals surface area (Å²) in [5.41, 5.74) is 6.43. The molecule has 0 aliphatic carbocycles. The number of hydrogen-bond donors (Lipinski definition) is 3. The van der Waals surface area contributed by atoms with E-state index < -0.39 is 11.5 Å². The van der Waals surface area contributed by atoms with E-state index in [1.54, 1.807) is 66.1 Å². The second kappa shape index (κ2) is 12.4. The van der Waals surface area contributed by atoms with Gasteiger partial charge in [-0.3, -0.25) is 9.59 Å². The third-order valence-corrected chi connectivity index (χ3v) is 9.02. The van der Waals surface area contributed by atoms with Crippen molar-refractivity contribution in [3.8, 4) is 5.00 Å². The van der Waals surface area contributed by atoms with Crippen molar-refractivity contribution in [1.82, 2.24) is 9.99 Å². The lowest BCUT2D eigenvalue weighted by atomic mass is 9.85. The van der Waals surface area contributed by atoms with Crippen LogP contribution in [-0.2, 0) is 10.4 Å². The third kappa shape index (κ3) is 5.69. The van der Waals surface area contributed by atoms with Crippen LogP contribution >= 0.6 is 11.3 Å². The van der Waals surface area contributed by atoms with Crippen molar-refractivity contribution in [2.24, 2.45) is 5.10 Å². The van der Waals surface area contributed by atoms with Gasteiger partial charge >= 0.3 is 0 Å². The number of aromatic nitrogens is 1. The average Bonchev–Trinajstić information content (AvgIpc) is 3.58. The van der Waals surface area contributed by atoms with Gasteiger partial charge in [-0.25, -0.2) is 5.43 Å². The van der Waals surface area contributed by atoms with Gasteiger partial charge in [0.1, 0.15) is 5.00 Å². The highest BCUT2D eigenvalue weighted by Crippen LogP contribution is 2.37. The maximum atomic E-state index is 13.8. The van der Waals surface area contributed by atoms with E-state index in [0.29, 0.717) is 16.7 Å². The van der Waals surface area contributed by atoms with E-state index >= 15 is 0 Å². The van der Waals surface area contributed by atoms with Crippen LogP contribution in [0.15, 0.2) is 120 Å². The number of anilines is 1. The standard InChI is InChI=1S/C37H32N4O3S/c1-24-18-20-30(21-19-24)39-34(42)33-31-16-10-11-17-32(31)45-35(33)41-25(2)22-27(26(41)3)23-38-40-36(43)37(44,28-12-6-4-7-13-28)29-14-8-5-9-15-29/h4-23,44H,1-3H3,(H,39,42)(H,40,43)/b38-23+. The number of rotatable bonds is 8. The summed E-state index contributed by atoms with van der Waals surface area (Å²) < 4.78 is 3.04. The first-order valence-electron chi connectivity index (χ1n) is 14.5. The van der Waals surface area contributed by atoms with Crippen LogP contribution in [0.2, 0.25) is 0 Å². The molecule has 0 bridgehead atoms. The van der Waals surface area contributed by atoms with E-state index in [4.69, 9.17) is 0 Å². The largest absolute Gasteiger partial charge is 0.372 e. The molecule has 0 atom stereocenters. The quantitative estimate of drug-likeness (QED) is 0.125. The number of hydrogen-bond acceptors (Lipinski definition) is 5. The van der Waals surface area contributed by atoms with E-state index in [0.717, 1.165) is 43.3 Å². The molecule has 6 aromatic rings. The molecule has 8 heteroatoms. The zero-order valence-electron chi connectivity index (χ0n) is 25.1. The molecule has 4 aromatic carbocycles. The van der Waals surface area contributed by atoms with E-state index in [-0.39, 0.29) is 5.91 Å². The van der Waals surface area contributed by atoms with Gasteiger partial charge in [-0.05, 0) is 56.2 Å². The summed E-state index contributed by atoms with van der Waals surface area (Å²) in [6.07, 6.45) is 1.56. The number of nitrogens with one attached hydrogen (secondary N) is 2. The molecule has 7 nitrogen and oxygen atoms in total. The normalized spacial score (nSPS) is 11.6. The van der Waals surface area contributed by atoms with Gasteiger partial charge in [0.2, 0.25) is 0 Å². The van der Waals surface area contributed by atoms with Gasteiger partial charge in [0.25, 0.3) is 11.8 Å². The lowest BCUT2D eigenvalue weighted by molar-refractivity contribution is -0.136. The van der Waals surface area contributed by atoms with Gasteiger partial charge in [0.05, 0.1) is 11.8 Å². The molecule has 3 N–H and O–H groups in total. The smallest absolute Gasteiger partial charge is 0.281 e. The van der Waals surface area contributed by atoms with Crippen LogP contribution in [0.5, 0.6) is 0 Å². The zero-order chi connectivity index (χ0) is 31.6. The fraction of sp³-hybridized carbons (Fsp3) is 0.108. The number of hydrazone groups is 1. The molecule has 224 valence electrons. The number of aliphatic hydroxyl groups is 1. The third-order valence-electron chi connectivity index (χ3n) is 7.87. The number of carbonyl (C=O) groups excluding carboxylic acids is 2. The summed E-state index contributed by atoms with van der Waals surface area (Å²) in [6, 6.07) is 35.2. The molecule has 0 aliphatic heterocycles. The van der Waals surface area contributed by atoms with Gasteiger partial charge in [0.15, 0.2) is 5.60 Å². The van der Waals surface area contributed by atoms with Crippen molar-refractivity contribution in [1.29, 1.82) is 0 Å². The number of fused-ring (bicyclic) bond motifs is 1. The molecule has 2 amide bonds. The minimum atomic E-state index is -1.94. The predicted octanol–water partition coefficient (Wildman–Crippen LogP) is 7.26. The number of carbonyl (C=O) groups is 2. The summed E-state index contributed by atoms with van der Waals surface area (Å²) in [5.74, 6) is -0.869. The van der Waals surface area contributed by atoms with Crippen molar-refractivity contribution in [3.63, 3.8) is 0 Å². The molecule has 6 rings (SSSR count). The van der Waals surface area contributed by atoms with Crippen LogP contribution < -0.4 is 10.7 Å². The van der Waals surface area contributed by atoms with Crippen molar-refractivity contribution >= 4 is 45.1 Å². The van der Waals surface area contributed by atoms with Crippen LogP contribution in [0, 0.1) is 20.8 Å². The van der Waals surface area contributed by atoms with Crippen LogP contribution in [0.1, 0.15) is 44.0 Å². The van der Waals surface area contributed by atoms with E-state index in [2.05, 4.69) is 15.8 Å². The second-order valence-corrected chi connectivity index (χ2v) is 11.9. The minimum absolute atomic E-state index is 0.192. The predicted molar refractivity (Wildman–Crippen MR) is 181 cm³/mol. The maximum Gasteiger partial charge on any atom is 0.281 e. The Morgan fingerprint density at radius 3 is 2.07 bits per heavy atom. The van der Waals surface area contributed by atoms with Crippen LogP contribution in [0.25, 0.3) is 15.1 Å². The lowest BCUT2D eigenvalue weighted by Crippen LogP contribution is -2.43. The van der Waals surface area contributed by atoms with Crippen molar-refractivity contribution in [2.75, 3.05) is 5.32 Å². The molecule has 0 unspecified atom stereocenters. The van der Waals surface area contributed by atoms with E-state index in [1.807, 2.05) is 92.1 Å². The highest BCUT2D eigenvalue weighted by Gasteiger charge is 2.40. The highest BCUT2D eigenvalue weighted by molar-refractivity contribution is 7.22. The lowest BCUT2D eigenvalue weighted by Gasteiger charge is -2.27. The van der Waals surface area contributed by atoms with Gasteiger partial charge in [-0.15, -0.1) is 11.3 Å². The molecule has 0 saturated carbocycles. The molecule has 45 heavy (non-hydrogen) atoms. The first kappa shape index (κ1) is 29.7. The number of thiophene rings is 1.